The third-order valence-electron chi connectivity index (χ3n) is 2.26. The number of nitrogens with two attached hydrogens (primary N) is 1. The highest BCUT2D eigenvalue weighted by atomic mass is 32.2. The van der Waals surface area contributed by atoms with Crippen molar-refractivity contribution in [3.05, 3.63) is 29.7 Å². The topological polar surface area (TPSA) is 77.5 Å². The molecular formula is C9H11N3O2S. The molecule has 15 heavy (non-hydrogen) atoms. The highest BCUT2D eigenvalue weighted by molar-refractivity contribution is 7.89. The number of fused-ring (bicyclic) bond motifs is 1. The minimum Gasteiger partial charge on any atom is -0.300 e. The van der Waals surface area contributed by atoms with Gasteiger partial charge in [0.2, 0.25) is 0 Å². The lowest BCUT2D eigenvalue weighted by Gasteiger charge is -2.00. The maximum Gasteiger partial charge on any atom is 0.257 e. The van der Waals surface area contributed by atoms with Crippen LogP contribution in [0, 0.1) is 13.8 Å². The van der Waals surface area contributed by atoms with E-state index < -0.39 is 10.0 Å². The Morgan fingerprint density at radius 3 is 2.60 bits per heavy atom. The first-order valence-electron chi connectivity index (χ1n) is 4.39. The lowest BCUT2D eigenvalue weighted by atomic mass is 10.3. The van der Waals surface area contributed by atoms with Gasteiger partial charge in [-0.05, 0) is 26.0 Å². The summed E-state index contributed by atoms with van der Waals surface area (Å²) in [5, 5.41) is 5.02. The number of aryl methyl sites for hydroxylation is 2. The van der Waals surface area contributed by atoms with E-state index in [4.69, 9.17) is 5.14 Å². The predicted octanol–water partition coefficient (Wildman–Crippen LogP) is 0.599. The Hall–Kier alpha value is -1.40. The number of hydrogen-bond donors (Lipinski definition) is 1. The van der Waals surface area contributed by atoms with Crippen LogP contribution in [0.1, 0.15) is 11.5 Å². The number of aromatic nitrogens is 2. The molecule has 0 aromatic carbocycles. The van der Waals surface area contributed by atoms with E-state index in [2.05, 4.69) is 4.98 Å². The Bertz CT molecular complexity index is 628. The second-order valence-electron chi connectivity index (χ2n) is 3.40. The standard InChI is InChI=1S/C9H11N3O2S/c1-6-4-3-5-8-9(15(10,13)14)11-7(2)12(6)8/h3-5H,1-2H3,(H2,10,13,14). The smallest absolute Gasteiger partial charge is 0.257 e. The molecule has 2 rings (SSSR count). The van der Waals surface area contributed by atoms with Gasteiger partial charge in [-0.1, -0.05) is 6.07 Å². The Kier molecular flexibility index (Phi) is 2.06. The van der Waals surface area contributed by atoms with E-state index >= 15 is 0 Å². The molecule has 2 aromatic rings. The van der Waals surface area contributed by atoms with E-state index in [9.17, 15) is 8.42 Å². The van der Waals surface area contributed by atoms with Gasteiger partial charge < -0.3 is 0 Å². The first kappa shape index (κ1) is 10.1. The van der Waals surface area contributed by atoms with Crippen LogP contribution in [0.3, 0.4) is 0 Å². The molecule has 2 N–H and O–H groups in total. The summed E-state index contributed by atoms with van der Waals surface area (Å²) in [5.74, 6) is 0.618. The second-order valence-corrected chi connectivity index (χ2v) is 4.87. The molecule has 0 amide bonds. The lowest BCUT2D eigenvalue weighted by molar-refractivity contribution is 0.595. The molecule has 0 saturated heterocycles. The fraction of sp³-hybridized carbons (Fsp3) is 0.222. The summed E-state index contributed by atoms with van der Waals surface area (Å²) >= 11 is 0. The van der Waals surface area contributed by atoms with Crippen LogP contribution < -0.4 is 5.14 Å². The molecule has 0 aliphatic carbocycles. The molecule has 0 aliphatic heterocycles. The third kappa shape index (κ3) is 1.51. The molecule has 0 aliphatic rings. The Labute approximate surface area is 87.6 Å². The SMILES string of the molecule is Cc1cccc2c(S(N)(=O)=O)nc(C)n12. The van der Waals surface area contributed by atoms with Crippen molar-refractivity contribution in [2.75, 3.05) is 0 Å². The Balaban J connectivity index is 2.98. The number of sulfonamides is 1. The van der Waals surface area contributed by atoms with Gasteiger partial charge in [-0.15, -0.1) is 0 Å². The average molecular weight is 225 g/mol. The first-order chi connectivity index (χ1) is 6.91. The van der Waals surface area contributed by atoms with Gasteiger partial charge in [0, 0.05) is 5.69 Å². The minimum atomic E-state index is -3.76. The molecular weight excluding hydrogens is 214 g/mol. The number of rotatable bonds is 1. The zero-order valence-electron chi connectivity index (χ0n) is 8.43. The summed E-state index contributed by atoms with van der Waals surface area (Å²) in [7, 11) is -3.76. The molecule has 5 nitrogen and oxygen atoms in total. The fourth-order valence-corrected chi connectivity index (χ4v) is 2.39. The normalized spacial score (nSPS) is 12.2. The zero-order valence-corrected chi connectivity index (χ0v) is 9.25. The Morgan fingerprint density at radius 1 is 1.33 bits per heavy atom. The van der Waals surface area contributed by atoms with Gasteiger partial charge in [0.05, 0.1) is 5.52 Å². The molecule has 2 heterocycles. The summed E-state index contributed by atoms with van der Waals surface area (Å²) < 4.78 is 24.3. The summed E-state index contributed by atoms with van der Waals surface area (Å²) in [4.78, 5) is 3.97. The third-order valence-corrected chi connectivity index (χ3v) is 3.10. The quantitative estimate of drug-likeness (QED) is 0.772. The van der Waals surface area contributed by atoms with Crippen LogP contribution in [0.2, 0.25) is 0 Å². The van der Waals surface area contributed by atoms with Crippen molar-refractivity contribution in [2.45, 2.75) is 18.9 Å². The molecule has 0 spiro atoms. The molecule has 2 aromatic heterocycles. The van der Waals surface area contributed by atoms with Crippen molar-refractivity contribution in [2.24, 2.45) is 5.14 Å². The maximum atomic E-state index is 11.3. The summed E-state index contributed by atoms with van der Waals surface area (Å²) in [6, 6.07) is 5.35. The lowest BCUT2D eigenvalue weighted by Crippen LogP contribution is -2.13. The van der Waals surface area contributed by atoms with E-state index in [1.807, 2.05) is 13.0 Å². The number of hydrogen-bond acceptors (Lipinski definition) is 3. The van der Waals surface area contributed by atoms with Crippen LogP contribution in [0.5, 0.6) is 0 Å². The van der Waals surface area contributed by atoms with Crippen LogP contribution >= 0.6 is 0 Å². The molecule has 0 unspecified atom stereocenters. The van der Waals surface area contributed by atoms with Crippen molar-refractivity contribution in [1.82, 2.24) is 9.38 Å². The Morgan fingerprint density at radius 2 is 2.00 bits per heavy atom. The molecule has 6 heteroatoms. The first-order valence-corrected chi connectivity index (χ1v) is 5.93. The highest BCUT2D eigenvalue weighted by Gasteiger charge is 2.18. The van der Waals surface area contributed by atoms with Crippen LogP contribution in [-0.4, -0.2) is 17.8 Å². The number of pyridine rings is 1. The molecule has 0 atom stereocenters. The number of nitrogens with zero attached hydrogens (tertiary/aromatic N) is 2. The summed E-state index contributed by atoms with van der Waals surface area (Å²) in [6.45, 7) is 3.63. The fourth-order valence-electron chi connectivity index (χ4n) is 1.68. The van der Waals surface area contributed by atoms with Crippen molar-refractivity contribution in [3.63, 3.8) is 0 Å². The van der Waals surface area contributed by atoms with Gasteiger partial charge >= 0.3 is 0 Å². The van der Waals surface area contributed by atoms with E-state index in [-0.39, 0.29) is 5.03 Å². The monoisotopic (exact) mass is 225 g/mol. The van der Waals surface area contributed by atoms with Gasteiger partial charge in [-0.25, -0.2) is 18.5 Å². The van der Waals surface area contributed by atoms with E-state index in [0.29, 0.717) is 11.3 Å². The van der Waals surface area contributed by atoms with Crippen LogP contribution in [0.4, 0.5) is 0 Å². The average Bonchev–Trinajstić information content (AvgIpc) is 2.44. The van der Waals surface area contributed by atoms with Crippen molar-refractivity contribution in [3.8, 4) is 0 Å². The van der Waals surface area contributed by atoms with Crippen LogP contribution in [0.25, 0.3) is 5.52 Å². The molecule has 0 radical (unpaired) electrons. The van der Waals surface area contributed by atoms with Gasteiger partial charge in [0.25, 0.3) is 10.0 Å². The molecule has 0 bridgehead atoms. The molecule has 80 valence electrons. The van der Waals surface area contributed by atoms with Gasteiger partial charge in [-0.2, -0.15) is 0 Å². The van der Waals surface area contributed by atoms with Gasteiger partial charge in [-0.3, -0.25) is 4.40 Å². The van der Waals surface area contributed by atoms with Gasteiger partial charge in [0.15, 0.2) is 5.03 Å². The van der Waals surface area contributed by atoms with Crippen molar-refractivity contribution >= 4 is 15.5 Å². The number of imidazole rings is 1. The largest absolute Gasteiger partial charge is 0.300 e. The summed E-state index contributed by atoms with van der Waals surface area (Å²) in [6.07, 6.45) is 0. The van der Waals surface area contributed by atoms with Crippen LogP contribution in [-0.2, 0) is 10.0 Å². The van der Waals surface area contributed by atoms with Gasteiger partial charge in [0.1, 0.15) is 5.82 Å². The minimum absolute atomic E-state index is 0.0660. The van der Waals surface area contributed by atoms with Crippen LogP contribution in [0.15, 0.2) is 23.2 Å². The second kappa shape index (κ2) is 3.04. The van der Waals surface area contributed by atoms with Crippen molar-refractivity contribution in [1.29, 1.82) is 0 Å². The maximum absolute atomic E-state index is 11.3. The molecule has 0 fully saturated rings. The van der Waals surface area contributed by atoms with E-state index in [1.54, 1.807) is 23.5 Å². The highest BCUT2D eigenvalue weighted by Crippen LogP contribution is 2.18. The summed E-state index contributed by atoms with van der Waals surface area (Å²) in [5.41, 5.74) is 1.45. The van der Waals surface area contributed by atoms with E-state index in [1.165, 1.54) is 0 Å². The van der Waals surface area contributed by atoms with E-state index in [0.717, 1.165) is 5.69 Å². The van der Waals surface area contributed by atoms with Crippen molar-refractivity contribution < 1.29 is 8.42 Å². The zero-order chi connectivity index (χ0) is 11.2. The number of primary sulfonamides is 1. The predicted molar refractivity (Wildman–Crippen MR) is 56.0 cm³/mol. The molecule has 0 saturated carbocycles.